The first kappa shape index (κ1) is 17.6. The summed E-state index contributed by atoms with van der Waals surface area (Å²) < 4.78 is 10.9. The van der Waals surface area contributed by atoms with Crippen molar-refractivity contribution in [2.75, 3.05) is 20.8 Å². The third kappa shape index (κ3) is 5.80. The predicted octanol–water partition coefficient (Wildman–Crippen LogP) is 4.49. The first-order valence-corrected chi connectivity index (χ1v) is 7.83. The normalized spacial score (nSPS) is 12.0. The van der Waals surface area contributed by atoms with E-state index in [0.29, 0.717) is 6.04 Å². The summed E-state index contributed by atoms with van der Waals surface area (Å²) in [5, 5.41) is 3.56. The zero-order valence-electron chi connectivity index (χ0n) is 13.7. The molecule has 1 N–H and O–H groups in total. The molecule has 0 aliphatic carbocycles. The molecular formula is C18H29NO2. The molecule has 0 bridgehead atoms. The number of hydrogen-bond acceptors (Lipinski definition) is 3. The van der Waals surface area contributed by atoms with E-state index in [1.807, 2.05) is 18.2 Å². The van der Waals surface area contributed by atoms with Gasteiger partial charge in [0.15, 0.2) is 0 Å². The van der Waals surface area contributed by atoms with Gasteiger partial charge in [0, 0.05) is 11.6 Å². The van der Waals surface area contributed by atoms with Crippen LogP contribution in [-0.2, 0) is 0 Å². The standard InChI is InChI=1S/C18H29NO2/c1-5-7-8-9-10-11-17(19-6-2)16-14-15(20-3)12-13-18(16)21-4/h5,12-14,17,19H,1,6-11H2,2-4H3. The molecule has 1 aromatic rings. The van der Waals surface area contributed by atoms with Crippen LogP contribution in [0.25, 0.3) is 0 Å². The first-order chi connectivity index (χ1) is 10.3. The fourth-order valence-corrected chi connectivity index (χ4v) is 2.54. The van der Waals surface area contributed by atoms with Gasteiger partial charge in [-0.05, 0) is 44.0 Å². The van der Waals surface area contributed by atoms with Crippen LogP contribution in [0.15, 0.2) is 30.9 Å². The second kappa shape index (κ2) is 10.3. The van der Waals surface area contributed by atoms with Gasteiger partial charge in [-0.3, -0.25) is 0 Å². The molecule has 3 heteroatoms. The Kier molecular flexibility index (Phi) is 8.60. The molecule has 1 unspecified atom stereocenters. The lowest BCUT2D eigenvalue weighted by Crippen LogP contribution is -2.21. The van der Waals surface area contributed by atoms with Crippen LogP contribution in [0.5, 0.6) is 11.5 Å². The average molecular weight is 291 g/mol. The highest BCUT2D eigenvalue weighted by molar-refractivity contribution is 5.42. The molecule has 0 spiro atoms. The monoisotopic (exact) mass is 291 g/mol. The van der Waals surface area contributed by atoms with Gasteiger partial charge in [-0.15, -0.1) is 6.58 Å². The molecule has 1 atom stereocenters. The minimum atomic E-state index is 0.309. The topological polar surface area (TPSA) is 30.5 Å². The molecule has 1 rings (SSSR count). The fraction of sp³-hybridized carbons (Fsp3) is 0.556. The number of ether oxygens (including phenoxy) is 2. The molecule has 0 saturated heterocycles. The van der Waals surface area contributed by atoms with Crippen molar-refractivity contribution in [2.24, 2.45) is 0 Å². The molecule has 3 nitrogen and oxygen atoms in total. The third-order valence-electron chi connectivity index (χ3n) is 3.66. The summed E-state index contributed by atoms with van der Waals surface area (Å²) in [4.78, 5) is 0. The van der Waals surface area contributed by atoms with E-state index in [1.165, 1.54) is 24.8 Å². The number of rotatable bonds is 11. The number of methoxy groups -OCH3 is 2. The van der Waals surface area contributed by atoms with Crippen molar-refractivity contribution >= 4 is 0 Å². The number of nitrogens with one attached hydrogen (secondary N) is 1. The van der Waals surface area contributed by atoms with E-state index in [2.05, 4.69) is 24.9 Å². The summed E-state index contributed by atoms with van der Waals surface area (Å²) in [5.74, 6) is 1.80. The van der Waals surface area contributed by atoms with Crippen LogP contribution < -0.4 is 14.8 Å². The summed E-state index contributed by atoms with van der Waals surface area (Å²) in [6, 6.07) is 6.31. The Bertz CT molecular complexity index is 418. The van der Waals surface area contributed by atoms with E-state index < -0.39 is 0 Å². The largest absolute Gasteiger partial charge is 0.497 e. The highest BCUT2D eigenvalue weighted by Gasteiger charge is 2.16. The van der Waals surface area contributed by atoms with Gasteiger partial charge in [-0.2, -0.15) is 0 Å². The smallest absolute Gasteiger partial charge is 0.123 e. The highest BCUT2D eigenvalue weighted by Crippen LogP contribution is 2.32. The summed E-state index contributed by atoms with van der Waals surface area (Å²) >= 11 is 0. The Morgan fingerprint density at radius 3 is 2.62 bits per heavy atom. The summed E-state index contributed by atoms with van der Waals surface area (Å²) in [6.07, 6.45) is 7.86. The maximum absolute atomic E-state index is 5.51. The van der Waals surface area contributed by atoms with Crippen molar-refractivity contribution < 1.29 is 9.47 Å². The van der Waals surface area contributed by atoms with Crippen molar-refractivity contribution in [2.45, 2.75) is 45.1 Å². The van der Waals surface area contributed by atoms with Crippen LogP contribution >= 0.6 is 0 Å². The minimum absolute atomic E-state index is 0.309. The van der Waals surface area contributed by atoms with Gasteiger partial charge >= 0.3 is 0 Å². The zero-order chi connectivity index (χ0) is 15.5. The van der Waals surface area contributed by atoms with Crippen LogP contribution in [0.4, 0.5) is 0 Å². The van der Waals surface area contributed by atoms with Gasteiger partial charge in [-0.1, -0.05) is 25.8 Å². The quantitative estimate of drug-likeness (QED) is 0.481. The minimum Gasteiger partial charge on any atom is -0.497 e. The molecule has 1 aromatic carbocycles. The van der Waals surface area contributed by atoms with E-state index in [1.54, 1.807) is 14.2 Å². The van der Waals surface area contributed by atoms with Gasteiger partial charge in [0.05, 0.1) is 14.2 Å². The van der Waals surface area contributed by atoms with E-state index in [9.17, 15) is 0 Å². The van der Waals surface area contributed by atoms with Crippen LogP contribution in [0.3, 0.4) is 0 Å². The molecule has 21 heavy (non-hydrogen) atoms. The maximum atomic E-state index is 5.51. The lowest BCUT2D eigenvalue weighted by molar-refractivity contribution is 0.384. The molecule has 0 aliphatic rings. The van der Waals surface area contributed by atoms with E-state index in [-0.39, 0.29) is 0 Å². The fourth-order valence-electron chi connectivity index (χ4n) is 2.54. The van der Waals surface area contributed by atoms with Crippen molar-refractivity contribution in [3.63, 3.8) is 0 Å². The summed E-state index contributed by atoms with van der Waals surface area (Å²) in [6.45, 7) is 6.85. The molecule has 0 heterocycles. The second-order valence-corrected chi connectivity index (χ2v) is 5.14. The summed E-state index contributed by atoms with van der Waals surface area (Å²) in [7, 11) is 3.42. The first-order valence-electron chi connectivity index (χ1n) is 7.83. The predicted molar refractivity (Wildman–Crippen MR) is 89.2 cm³/mol. The van der Waals surface area contributed by atoms with Gasteiger partial charge in [-0.25, -0.2) is 0 Å². The van der Waals surface area contributed by atoms with Crippen LogP contribution in [0.2, 0.25) is 0 Å². The van der Waals surface area contributed by atoms with Crippen molar-refractivity contribution in [3.05, 3.63) is 36.4 Å². The van der Waals surface area contributed by atoms with Crippen LogP contribution in [0, 0.1) is 0 Å². The maximum Gasteiger partial charge on any atom is 0.123 e. The Morgan fingerprint density at radius 1 is 1.19 bits per heavy atom. The molecule has 0 aliphatic heterocycles. The Hall–Kier alpha value is -1.48. The number of benzene rings is 1. The molecule has 118 valence electrons. The van der Waals surface area contributed by atoms with Crippen molar-refractivity contribution in [1.82, 2.24) is 5.32 Å². The van der Waals surface area contributed by atoms with Crippen LogP contribution in [-0.4, -0.2) is 20.8 Å². The average Bonchev–Trinajstić information content (AvgIpc) is 2.53. The molecule has 0 saturated carbocycles. The van der Waals surface area contributed by atoms with E-state index in [4.69, 9.17) is 9.47 Å². The van der Waals surface area contributed by atoms with E-state index >= 15 is 0 Å². The van der Waals surface area contributed by atoms with Gasteiger partial charge in [0.1, 0.15) is 11.5 Å². The Morgan fingerprint density at radius 2 is 2.00 bits per heavy atom. The second-order valence-electron chi connectivity index (χ2n) is 5.14. The zero-order valence-corrected chi connectivity index (χ0v) is 13.7. The van der Waals surface area contributed by atoms with Gasteiger partial charge in [0.2, 0.25) is 0 Å². The van der Waals surface area contributed by atoms with Crippen LogP contribution in [0.1, 0.15) is 50.6 Å². The molecular weight excluding hydrogens is 262 g/mol. The number of hydrogen-bond donors (Lipinski definition) is 1. The molecule has 0 radical (unpaired) electrons. The molecule has 0 fully saturated rings. The van der Waals surface area contributed by atoms with Gasteiger partial charge in [0.25, 0.3) is 0 Å². The third-order valence-corrected chi connectivity index (χ3v) is 3.66. The van der Waals surface area contributed by atoms with Gasteiger partial charge < -0.3 is 14.8 Å². The SMILES string of the molecule is C=CCCCCCC(NCC)c1cc(OC)ccc1OC. The lowest BCUT2D eigenvalue weighted by atomic mass is 9.98. The highest BCUT2D eigenvalue weighted by atomic mass is 16.5. The number of allylic oxidation sites excluding steroid dienone is 1. The van der Waals surface area contributed by atoms with E-state index in [0.717, 1.165) is 30.9 Å². The summed E-state index contributed by atoms with van der Waals surface area (Å²) in [5.41, 5.74) is 1.18. The molecule has 0 amide bonds. The lowest BCUT2D eigenvalue weighted by Gasteiger charge is -2.21. The van der Waals surface area contributed by atoms with Crippen molar-refractivity contribution in [3.8, 4) is 11.5 Å². The van der Waals surface area contributed by atoms with Crippen molar-refractivity contribution in [1.29, 1.82) is 0 Å². The number of unbranched alkanes of at least 4 members (excludes halogenated alkanes) is 3. The Labute approximate surface area is 129 Å². The Balaban J connectivity index is 2.75. The molecule has 0 aromatic heterocycles.